The first-order chi connectivity index (χ1) is 7.54. The molecule has 0 aromatic heterocycles. The minimum Gasteiger partial charge on any atom is -0.462 e. The molecule has 4 heteroatoms. The van der Waals surface area contributed by atoms with Crippen molar-refractivity contribution >= 4 is 11.8 Å². The number of Topliss-reactive ketones (excluding diaryl/α,β-unsaturated/α-hetero) is 1. The number of carbonyl (C=O) groups excluding carboxylic acids is 2. The summed E-state index contributed by atoms with van der Waals surface area (Å²) in [6.45, 7) is 2.01. The molecule has 0 spiro atoms. The van der Waals surface area contributed by atoms with Crippen LogP contribution in [0.2, 0.25) is 0 Å². The molecule has 1 aliphatic carbocycles. The monoisotopic (exact) mass is 223 g/mol. The van der Waals surface area contributed by atoms with E-state index >= 15 is 0 Å². The molecule has 0 aliphatic heterocycles. The van der Waals surface area contributed by atoms with Crippen molar-refractivity contribution in [2.45, 2.75) is 19.8 Å². The van der Waals surface area contributed by atoms with Crippen LogP contribution >= 0.6 is 0 Å². The van der Waals surface area contributed by atoms with Crippen molar-refractivity contribution in [3.05, 3.63) is 23.4 Å². The number of hydrogen-bond acceptors (Lipinski definition) is 4. The smallest absolute Gasteiger partial charge is 0.341 e. The molecule has 4 nitrogen and oxygen atoms in total. The van der Waals surface area contributed by atoms with Crippen LogP contribution in [0.4, 0.5) is 0 Å². The first-order valence-electron chi connectivity index (χ1n) is 5.33. The van der Waals surface area contributed by atoms with Gasteiger partial charge in [-0.05, 0) is 25.0 Å². The van der Waals surface area contributed by atoms with Gasteiger partial charge in [0.05, 0.1) is 6.61 Å². The molecule has 0 aromatic rings. The highest BCUT2D eigenvalue weighted by atomic mass is 16.5. The van der Waals surface area contributed by atoms with Gasteiger partial charge in [-0.25, -0.2) is 4.79 Å². The molecule has 0 unspecified atom stereocenters. The van der Waals surface area contributed by atoms with Crippen molar-refractivity contribution in [3.8, 4) is 0 Å². The third-order valence-electron chi connectivity index (χ3n) is 2.19. The summed E-state index contributed by atoms with van der Waals surface area (Å²) in [6, 6.07) is 0. The second kappa shape index (κ2) is 5.49. The number of ketones is 1. The number of ether oxygens (including phenoxy) is 1. The van der Waals surface area contributed by atoms with Crippen LogP contribution in [0.15, 0.2) is 23.4 Å². The fraction of sp³-hybridized carbons (Fsp3) is 0.500. The van der Waals surface area contributed by atoms with Gasteiger partial charge in [0.2, 0.25) is 0 Å². The lowest BCUT2D eigenvalue weighted by Crippen LogP contribution is -2.19. The third-order valence-corrected chi connectivity index (χ3v) is 2.19. The standard InChI is InChI=1S/C12H17NO3/c1-4-16-12(15)10-7-9(8-13(2)3)5-6-11(10)14/h7-8H,4-6H2,1-3H3/b9-8+. The largest absolute Gasteiger partial charge is 0.462 e. The van der Waals surface area contributed by atoms with E-state index in [1.807, 2.05) is 25.2 Å². The number of nitrogens with zero attached hydrogens (tertiary/aromatic N) is 1. The number of rotatable bonds is 3. The summed E-state index contributed by atoms with van der Waals surface area (Å²) >= 11 is 0. The minimum atomic E-state index is -0.517. The van der Waals surface area contributed by atoms with E-state index in [1.54, 1.807) is 13.0 Å². The van der Waals surface area contributed by atoms with Crippen LogP contribution in [0.5, 0.6) is 0 Å². The lowest BCUT2D eigenvalue weighted by Gasteiger charge is -2.15. The molecule has 0 bridgehead atoms. The quantitative estimate of drug-likeness (QED) is 0.534. The van der Waals surface area contributed by atoms with Crippen LogP contribution in [0.3, 0.4) is 0 Å². The normalized spacial score (nSPS) is 18.3. The van der Waals surface area contributed by atoms with Crippen molar-refractivity contribution in [2.75, 3.05) is 20.7 Å². The second-order valence-corrected chi connectivity index (χ2v) is 3.87. The SMILES string of the molecule is CCOC(=O)C1=C/C(=C/N(C)C)CCC1=O. The Morgan fingerprint density at radius 1 is 1.50 bits per heavy atom. The number of allylic oxidation sites excluding steroid dienone is 2. The average molecular weight is 223 g/mol. The Kier molecular flexibility index (Phi) is 4.28. The highest BCUT2D eigenvalue weighted by Gasteiger charge is 2.23. The number of esters is 1. The van der Waals surface area contributed by atoms with Crippen LogP contribution in [-0.4, -0.2) is 37.4 Å². The zero-order valence-electron chi connectivity index (χ0n) is 9.95. The van der Waals surface area contributed by atoms with Gasteiger partial charge in [0.15, 0.2) is 5.78 Å². The van der Waals surface area contributed by atoms with Gasteiger partial charge in [0.1, 0.15) is 5.57 Å². The molecule has 0 saturated carbocycles. The van der Waals surface area contributed by atoms with Gasteiger partial charge in [0.25, 0.3) is 0 Å². The van der Waals surface area contributed by atoms with Crippen LogP contribution in [-0.2, 0) is 14.3 Å². The fourth-order valence-electron chi connectivity index (χ4n) is 1.55. The van der Waals surface area contributed by atoms with E-state index in [-0.39, 0.29) is 18.0 Å². The lowest BCUT2D eigenvalue weighted by atomic mass is 9.94. The predicted molar refractivity (Wildman–Crippen MR) is 60.7 cm³/mol. The Hall–Kier alpha value is -1.58. The fourth-order valence-corrected chi connectivity index (χ4v) is 1.55. The Morgan fingerprint density at radius 2 is 2.19 bits per heavy atom. The van der Waals surface area contributed by atoms with Gasteiger partial charge in [-0.2, -0.15) is 0 Å². The minimum absolute atomic E-state index is 0.130. The highest BCUT2D eigenvalue weighted by Crippen LogP contribution is 2.20. The van der Waals surface area contributed by atoms with Gasteiger partial charge in [0, 0.05) is 26.7 Å². The summed E-state index contributed by atoms with van der Waals surface area (Å²) in [5.41, 5.74) is 1.15. The summed E-state index contributed by atoms with van der Waals surface area (Å²) < 4.78 is 4.84. The van der Waals surface area contributed by atoms with Gasteiger partial charge in [-0.3, -0.25) is 4.79 Å². The van der Waals surface area contributed by atoms with Crippen molar-refractivity contribution in [1.29, 1.82) is 0 Å². The highest BCUT2D eigenvalue weighted by molar-refractivity contribution is 6.18. The van der Waals surface area contributed by atoms with E-state index in [0.717, 1.165) is 5.57 Å². The molecule has 1 aliphatic rings. The number of carbonyl (C=O) groups is 2. The predicted octanol–water partition coefficient (Wildman–Crippen LogP) is 1.28. The number of hydrogen-bond donors (Lipinski definition) is 0. The van der Waals surface area contributed by atoms with Gasteiger partial charge < -0.3 is 9.64 Å². The van der Waals surface area contributed by atoms with Crippen molar-refractivity contribution in [2.24, 2.45) is 0 Å². The van der Waals surface area contributed by atoms with Crippen molar-refractivity contribution < 1.29 is 14.3 Å². The van der Waals surface area contributed by atoms with Gasteiger partial charge in [-0.1, -0.05) is 0 Å². The molecule has 0 saturated heterocycles. The van der Waals surface area contributed by atoms with E-state index in [0.29, 0.717) is 12.8 Å². The maximum Gasteiger partial charge on any atom is 0.341 e. The van der Waals surface area contributed by atoms with Gasteiger partial charge in [-0.15, -0.1) is 0 Å². The topological polar surface area (TPSA) is 46.6 Å². The van der Waals surface area contributed by atoms with Crippen LogP contribution in [0.25, 0.3) is 0 Å². The van der Waals surface area contributed by atoms with Crippen LogP contribution < -0.4 is 0 Å². The molecule has 0 heterocycles. The summed E-state index contributed by atoms with van der Waals surface area (Å²) in [6.07, 6.45) is 4.60. The summed E-state index contributed by atoms with van der Waals surface area (Å²) in [5.74, 6) is -0.647. The zero-order chi connectivity index (χ0) is 12.1. The third kappa shape index (κ3) is 3.22. The van der Waals surface area contributed by atoms with E-state index in [2.05, 4.69) is 0 Å². The van der Waals surface area contributed by atoms with Crippen LogP contribution in [0.1, 0.15) is 19.8 Å². The Bertz CT molecular complexity index is 353. The molecule has 16 heavy (non-hydrogen) atoms. The van der Waals surface area contributed by atoms with Crippen molar-refractivity contribution in [1.82, 2.24) is 4.90 Å². The lowest BCUT2D eigenvalue weighted by molar-refractivity contribution is -0.140. The van der Waals surface area contributed by atoms with E-state index in [4.69, 9.17) is 4.74 Å². The molecule has 0 N–H and O–H groups in total. The summed E-state index contributed by atoms with van der Waals surface area (Å²) in [4.78, 5) is 24.9. The van der Waals surface area contributed by atoms with Crippen molar-refractivity contribution in [3.63, 3.8) is 0 Å². The molecular weight excluding hydrogens is 206 g/mol. The average Bonchev–Trinajstić information content (AvgIpc) is 2.20. The maximum atomic E-state index is 11.5. The molecule has 88 valence electrons. The molecule has 0 amide bonds. The molecule has 0 atom stereocenters. The Balaban J connectivity index is 2.90. The first-order valence-corrected chi connectivity index (χ1v) is 5.33. The summed E-state index contributed by atoms with van der Waals surface area (Å²) in [7, 11) is 3.81. The molecule has 0 aromatic carbocycles. The molecular formula is C12H17NO3. The Morgan fingerprint density at radius 3 is 2.75 bits per heavy atom. The first kappa shape index (κ1) is 12.5. The van der Waals surface area contributed by atoms with Crippen LogP contribution in [0, 0.1) is 0 Å². The maximum absolute atomic E-state index is 11.5. The molecule has 0 fully saturated rings. The zero-order valence-corrected chi connectivity index (χ0v) is 9.95. The second-order valence-electron chi connectivity index (χ2n) is 3.87. The molecule has 1 rings (SSSR count). The summed E-state index contributed by atoms with van der Waals surface area (Å²) in [5, 5.41) is 0. The van der Waals surface area contributed by atoms with E-state index < -0.39 is 5.97 Å². The molecule has 0 radical (unpaired) electrons. The Labute approximate surface area is 95.6 Å². The van der Waals surface area contributed by atoms with E-state index in [9.17, 15) is 9.59 Å². The van der Waals surface area contributed by atoms with E-state index in [1.165, 1.54) is 0 Å². The van der Waals surface area contributed by atoms with Gasteiger partial charge >= 0.3 is 5.97 Å².